The highest BCUT2D eigenvalue weighted by Gasteiger charge is 2.17. The minimum atomic E-state index is -0.0644. The topological polar surface area (TPSA) is 79.0 Å². The van der Waals surface area contributed by atoms with Gasteiger partial charge in [-0.3, -0.25) is 5.41 Å². The van der Waals surface area contributed by atoms with Crippen LogP contribution in [0.15, 0.2) is 66.7 Å². The molecule has 124 valence electrons. The van der Waals surface area contributed by atoms with Gasteiger partial charge in [0.15, 0.2) is 0 Å². The first-order valence-corrected chi connectivity index (χ1v) is 8.24. The molecule has 2 N–H and O–H groups in total. The van der Waals surface area contributed by atoms with Crippen LogP contribution in [0.3, 0.4) is 0 Å². The van der Waals surface area contributed by atoms with Gasteiger partial charge < -0.3 is 5.32 Å². The monoisotopic (exact) mass is 338 g/mol. The molecule has 0 fully saturated rings. The molecule has 6 nitrogen and oxygen atoms in total. The molecule has 1 aliphatic rings. The minimum Gasteiger partial charge on any atom is -0.324 e. The molecular formula is C20H14N6. The summed E-state index contributed by atoms with van der Waals surface area (Å²) in [5.41, 5.74) is 4.65. The van der Waals surface area contributed by atoms with E-state index in [1.54, 1.807) is 0 Å². The van der Waals surface area contributed by atoms with Crippen molar-refractivity contribution in [3.63, 3.8) is 0 Å². The van der Waals surface area contributed by atoms with E-state index in [1.807, 2.05) is 71.1 Å². The lowest BCUT2D eigenvalue weighted by Crippen LogP contribution is -2.22. The molecule has 3 heterocycles. The predicted octanol–water partition coefficient (Wildman–Crippen LogP) is 3.19. The molecule has 0 atom stereocenters. The van der Waals surface area contributed by atoms with Crippen LogP contribution >= 0.6 is 0 Å². The fourth-order valence-corrected chi connectivity index (χ4v) is 3.10. The summed E-state index contributed by atoms with van der Waals surface area (Å²) in [5.74, 6) is 0.996. The van der Waals surface area contributed by atoms with Gasteiger partial charge in [-0.05, 0) is 17.7 Å². The molecule has 0 radical (unpaired) electrons. The van der Waals surface area contributed by atoms with Crippen LogP contribution in [0.5, 0.6) is 0 Å². The summed E-state index contributed by atoms with van der Waals surface area (Å²) in [6.45, 7) is 0. The summed E-state index contributed by atoms with van der Waals surface area (Å²) in [4.78, 5) is 13.1. The maximum absolute atomic E-state index is 7.93. The van der Waals surface area contributed by atoms with Crippen LogP contribution in [0, 0.1) is 5.41 Å². The zero-order chi connectivity index (χ0) is 17.5. The van der Waals surface area contributed by atoms with Crippen molar-refractivity contribution in [1.29, 1.82) is 5.41 Å². The molecule has 26 heavy (non-hydrogen) atoms. The fraction of sp³-hybridized carbons (Fsp3) is 0. The van der Waals surface area contributed by atoms with E-state index >= 15 is 0 Å². The third kappa shape index (κ3) is 2.36. The minimum absolute atomic E-state index is 0.0644. The van der Waals surface area contributed by atoms with Gasteiger partial charge >= 0.3 is 0 Å². The Bertz CT molecular complexity index is 1210. The third-order valence-electron chi connectivity index (χ3n) is 4.29. The number of aromatic nitrogens is 4. The van der Waals surface area contributed by atoms with E-state index in [9.17, 15) is 0 Å². The van der Waals surface area contributed by atoms with Gasteiger partial charge in [-0.25, -0.2) is 9.38 Å². The van der Waals surface area contributed by atoms with Crippen molar-refractivity contribution in [2.75, 3.05) is 5.32 Å². The summed E-state index contributed by atoms with van der Waals surface area (Å²) in [6, 6.07) is 22.0. The molecule has 0 bridgehead atoms. The van der Waals surface area contributed by atoms with Crippen LogP contribution in [0.25, 0.3) is 28.8 Å². The molecule has 0 saturated carbocycles. The number of hydrogen-bond donors (Lipinski definition) is 2. The Morgan fingerprint density at radius 1 is 0.808 bits per heavy atom. The highest BCUT2D eigenvalue weighted by atomic mass is 15.3. The van der Waals surface area contributed by atoms with Gasteiger partial charge in [0, 0.05) is 5.56 Å². The van der Waals surface area contributed by atoms with Crippen LogP contribution in [0.1, 0.15) is 11.3 Å². The Hall–Kier alpha value is -3.80. The lowest BCUT2D eigenvalue weighted by molar-refractivity contribution is 0.886. The van der Waals surface area contributed by atoms with Gasteiger partial charge in [0.1, 0.15) is 0 Å². The van der Waals surface area contributed by atoms with Gasteiger partial charge in [0.05, 0.1) is 17.1 Å². The molecule has 0 saturated heterocycles. The standard InChI is InChI=1S/C20H14N6/c21-18-24-19-22-16(13-7-3-1-4-8-13)11-15-12-17(14-9-5-2-6-10-14)23-20(25-18)26(15)19/h1-12H,(H2,21,22,23,24,25). The number of rotatable bonds is 2. The van der Waals surface area contributed by atoms with Gasteiger partial charge in [0.25, 0.3) is 0 Å². The van der Waals surface area contributed by atoms with Crippen LogP contribution in [-0.4, -0.2) is 19.4 Å². The summed E-state index contributed by atoms with van der Waals surface area (Å²) < 4.78 is 1.83. The summed E-state index contributed by atoms with van der Waals surface area (Å²) in [7, 11) is 0. The van der Waals surface area contributed by atoms with Crippen molar-refractivity contribution in [3.8, 4) is 11.3 Å². The van der Waals surface area contributed by atoms with Crippen LogP contribution in [-0.2, 0) is 0 Å². The molecule has 1 aliphatic heterocycles. The average Bonchev–Trinajstić information content (AvgIpc) is 2.68. The maximum Gasteiger partial charge on any atom is 0.248 e. The second-order valence-corrected chi connectivity index (χ2v) is 5.99. The van der Waals surface area contributed by atoms with Crippen molar-refractivity contribution < 1.29 is 0 Å². The number of anilines is 1. The Labute approximate surface area is 149 Å². The highest BCUT2D eigenvalue weighted by molar-refractivity contribution is 5.90. The smallest absolute Gasteiger partial charge is 0.248 e. The van der Waals surface area contributed by atoms with E-state index < -0.39 is 0 Å². The molecule has 2 aromatic carbocycles. The first-order valence-electron chi connectivity index (χ1n) is 8.24. The molecular weight excluding hydrogens is 324 g/mol. The van der Waals surface area contributed by atoms with Crippen LogP contribution in [0.4, 0.5) is 5.95 Å². The zero-order valence-electron chi connectivity index (χ0n) is 13.7. The summed E-state index contributed by atoms with van der Waals surface area (Å²) in [5, 5.41) is 11.2. The predicted molar refractivity (Wildman–Crippen MR) is 100 cm³/mol. The Morgan fingerprint density at radius 2 is 1.50 bits per heavy atom. The van der Waals surface area contributed by atoms with Crippen molar-refractivity contribution in [1.82, 2.24) is 19.4 Å². The average molecular weight is 338 g/mol. The van der Waals surface area contributed by atoms with E-state index in [-0.39, 0.29) is 5.62 Å². The van der Waals surface area contributed by atoms with E-state index in [0.717, 1.165) is 28.2 Å². The first kappa shape index (κ1) is 14.5. The van der Waals surface area contributed by atoms with E-state index in [1.165, 1.54) is 0 Å². The van der Waals surface area contributed by atoms with E-state index in [0.29, 0.717) is 11.7 Å². The van der Waals surface area contributed by atoms with Gasteiger partial charge in [0.2, 0.25) is 17.3 Å². The van der Waals surface area contributed by atoms with Crippen LogP contribution in [0.2, 0.25) is 0 Å². The second-order valence-electron chi connectivity index (χ2n) is 5.99. The lowest BCUT2D eigenvalue weighted by Gasteiger charge is -2.20. The Kier molecular flexibility index (Phi) is 3.15. The molecule has 0 amide bonds. The summed E-state index contributed by atoms with van der Waals surface area (Å²) in [6.07, 6.45) is 2.05. The SMILES string of the molecule is N=c1nc2n3c(cc(-c4ccccc4)nc3n1)C=C(c1ccccc1)N2. The van der Waals surface area contributed by atoms with Gasteiger partial charge in [-0.15, -0.1) is 0 Å². The molecule has 4 aromatic rings. The number of nitrogens with one attached hydrogen (secondary N) is 2. The Balaban J connectivity index is 1.79. The molecule has 6 heteroatoms. The molecule has 0 spiro atoms. The van der Waals surface area contributed by atoms with Crippen molar-refractivity contribution >= 4 is 23.5 Å². The molecule has 5 rings (SSSR count). The zero-order valence-corrected chi connectivity index (χ0v) is 13.7. The number of hydrogen-bond acceptors (Lipinski definition) is 5. The van der Waals surface area contributed by atoms with Crippen molar-refractivity contribution in [3.05, 3.63) is 83.6 Å². The van der Waals surface area contributed by atoms with Gasteiger partial charge in [-0.1, -0.05) is 60.7 Å². The van der Waals surface area contributed by atoms with E-state index in [2.05, 4.69) is 26.3 Å². The van der Waals surface area contributed by atoms with Crippen molar-refractivity contribution in [2.24, 2.45) is 0 Å². The number of benzene rings is 2. The van der Waals surface area contributed by atoms with Gasteiger partial charge in [-0.2, -0.15) is 9.97 Å². The van der Waals surface area contributed by atoms with Crippen molar-refractivity contribution in [2.45, 2.75) is 0 Å². The molecule has 0 unspecified atom stereocenters. The van der Waals surface area contributed by atoms with E-state index in [4.69, 9.17) is 5.41 Å². The molecule has 2 aromatic heterocycles. The van der Waals surface area contributed by atoms with Crippen LogP contribution < -0.4 is 10.9 Å². The first-order chi connectivity index (χ1) is 12.8. The number of nitrogens with zero attached hydrogens (tertiary/aromatic N) is 4. The quantitative estimate of drug-likeness (QED) is 0.588. The largest absolute Gasteiger partial charge is 0.324 e. The Morgan fingerprint density at radius 3 is 2.23 bits per heavy atom. The summed E-state index contributed by atoms with van der Waals surface area (Å²) >= 11 is 0. The highest BCUT2D eigenvalue weighted by Crippen LogP contribution is 2.28. The fourth-order valence-electron chi connectivity index (χ4n) is 3.10. The second kappa shape index (κ2) is 5.63. The lowest BCUT2D eigenvalue weighted by atomic mass is 10.1. The maximum atomic E-state index is 7.93. The third-order valence-corrected chi connectivity index (χ3v) is 4.29. The normalized spacial score (nSPS) is 12.5. The molecule has 0 aliphatic carbocycles.